The van der Waals surface area contributed by atoms with E-state index in [1.54, 1.807) is 6.07 Å². The van der Waals surface area contributed by atoms with Gasteiger partial charge in [0.2, 0.25) is 5.91 Å². The molecule has 0 aliphatic carbocycles. The zero-order chi connectivity index (χ0) is 28.6. The highest BCUT2D eigenvalue weighted by molar-refractivity contribution is 7.98. The van der Waals surface area contributed by atoms with Crippen LogP contribution in [0.15, 0.2) is 71.6 Å². The van der Waals surface area contributed by atoms with Gasteiger partial charge in [0.15, 0.2) is 11.5 Å². The zero-order valence-electron chi connectivity index (χ0n) is 21.0. The van der Waals surface area contributed by atoms with Gasteiger partial charge < -0.3 is 14.8 Å². The number of sulfonamides is 1. The first-order chi connectivity index (χ1) is 18.5. The summed E-state index contributed by atoms with van der Waals surface area (Å²) in [7, 11) is -1.81. The van der Waals surface area contributed by atoms with Gasteiger partial charge in [0.1, 0.15) is 6.54 Å². The first-order valence-corrected chi connectivity index (χ1v) is 14.4. The van der Waals surface area contributed by atoms with Crippen LogP contribution in [-0.4, -0.2) is 47.4 Å². The summed E-state index contributed by atoms with van der Waals surface area (Å²) in [5.41, 5.74) is -0.432. The normalized spacial score (nSPS) is 11.6. The Morgan fingerprint density at radius 2 is 1.72 bits per heavy atom. The van der Waals surface area contributed by atoms with Crippen LogP contribution in [0.1, 0.15) is 11.1 Å². The van der Waals surface area contributed by atoms with Crippen molar-refractivity contribution in [1.82, 2.24) is 5.32 Å². The summed E-state index contributed by atoms with van der Waals surface area (Å²) in [6.07, 6.45) is -4.71. The Hall–Kier alpha value is -3.09. The number of methoxy groups -OCH3 is 2. The lowest BCUT2D eigenvalue weighted by Crippen LogP contribution is -2.41. The quantitative estimate of drug-likeness (QED) is 0.271. The van der Waals surface area contributed by atoms with Crippen molar-refractivity contribution < 1.29 is 35.9 Å². The molecule has 0 aliphatic rings. The Morgan fingerprint density at radius 1 is 1.00 bits per heavy atom. The Morgan fingerprint density at radius 3 is 2.38 bits per heavy atom. The number of anilines is 1. The lowest BCUT2D eigenvalue weighted by atomic mass is 10.2. The van der Waals surface area contributed by atoms with E-state index in [1.807, 2.05) is 18.2 Å². The fourth-order valence-electron chi connectivity index (χ4n) is 3.50. The highest BCUT2D eigenvalue weighted by Gasteiger charge is 2.33. The fourth-order valence-corrected chi connectivity index (χ4v) is 6.08. The molecule has 0 bridgehead atoms. The monoisotopic (exact) mass is 602 g/mol. The molecule has 0 aliphatic heterocycles. The van der Waals surface area contributed by atoms with Gasteiger partial charge in [-0.25, -0.2) is 8.42 Å². The number of hydrogen-bond acceptors (Lipinski definition) is 6. The summed E-state index contributed by atoms with van der Waals surface area (Å²) in [5.74, 6) is 0.786. The van der Waals surface area contributed by atoms with E-state index in [0.717, 1.165) is 17.7 Å². The van der Waals surface area contributed by atoms with Gasteiger partial charge in [-0.2, -0.15) is 24.9 Å². The smallest absolute Gasteiger partial charge is 0.416 e. The van der Waals surface area contributed by atoms with Crippen molar-refractivity contribution in [1.29, 1.82) is 0 Å². The van der Waals surface area contributed by atoms with Crippen LogP contribution in [0.25, 0.3) is 0 Å². The second kappa shape index (κ2) is 13.3. The summed E-state index contributed by atoms with van der Waals surface area (Å²) in [6, 6.07) is 14.9. The summed E-state index contributed by atoms with van der Waals surface area (Å²) < 4.78 is 78.3. The van der Waals surface area contributed by atoms with Gasteiger partial charge in [-0.15, -0.1) is 0 Å². The van der Waals surface area contributed by atoms with Crippen LogP contribution in [0.4, 0.5) is 18.9 Å². The van der Waals surface area contributed by atoms with Crippen molar-refractivity contribution in [3.8, 4) is 11.5 Å². The minimum absolute atomic E-state index is 0.0996. The third-order valence-electron chi connectivity index (χ3n) is 5.48. The Balaban J connectivity index is 1.81. The second-order valence-corrected chi connectivity index (χ2v) is 11.4. The highest BCUT2D eigenvalue weighted by atomic mass is 35.5. The lowest BCUT2D eigenvalue weighted by Gasteiger charge is -2.25. The van der Waals surface area contributed by atoms with Crippen molar-refractivity contribution in [3.05, 3.63) is 82.9 Å². The standard InChI is InChI=1S/C26H26ClF3N2O5S2/c1-36-23-11-10-21(15-24(23)37-2)39(34,35)32(20-8-5-7-19(14-20)26(28,29)30)16-25(33)31-12-13-38-17-18-6-3-4-9-22(18)27/h3-11,14-15H,12-13,16-17H2,1-2H3,(H,31,33). The number of thioether (sulfide) groups is 1. The third-order valence-corrected chi connectivity index (χ3v) is 8.62. The molecule has 13 heteroatoms. The number of carbonyl (C=O) groups is 1. The SMILES string of the molecule is COc1ccc(S(=O)(=O)N(CC(=O)NCCSCc2ccccc2Cl)c2cccc(C(F)(F)F)c2)cc1OC. The third kappa shape index (κ3) is 7.96. The van der Waals surface area contributed by atoms with Crippen LogP contribution in [0.5, 0.6) is 11.5 Å². The van der Waals surface area contributed by atoms with Gasteiger partial charge in [0.25, 0.3) is 10.0 Å². The van der Waals surface area contributed by atoms with Crippen LogP contribution in [0.3, 0.4) is 0 Å². The number of amides is 1. The first kappa shape index (κ1) is 30.5. The molecule has 7 nitrogen and oxygen atoms in total. The maximum atomic E-state index is 13.6. The maximum Gasteiger partial charge on any atom is 0.416 e. The molecule has 0 saturated carbocycles. The molecular weight excluding hydrogens is 577 g/mol. The number of rotatable bonds is 12. The van der Waals surface area contributed by atoms with Crippen LogP contribution in [0, 0.1) is 0 Å². The lowest BCUT2D eigenvalue weighted by molar-refractivity contribution is -0.137. The number of halogens is 4. The molecule has 0 radical (unpaired) electrons. The number of hydrogen-bond donors (Lipinski definition) is 1. The minimum atomic E-state index is -4.71. The van der Waals surface area contributed by atoms with Crippen LogP contribution >= 0.6 is 23.4 Å². The van der Waals surface area contributed by atoms with Gasteiger partial charge in [-0.3, -0.25) is 9.10 Å². The van der Waals surface area contributed by atoms with E-state index in [0.29, 0.717) is 26.9 Å². The molecule has 0 unspecified atom stereocenters. The molecule has 3 rings (SSSR count). The Bertz CT molecular complexity index is 1400. The van der Waals surface area contributed by atoms with Crippen molar-refractivity contribution in [2.45, 2.75) is 16.8 Å². The number of nitrogens with one attached hydrogen (secondary N) is 1. The number of benzene rings is 3. The average Bonchev–Trinajstić information content (AvgIpc) is 2.91. The van der Waals surface area contributed by atoms with E-state index in [1.165, 1.54) is 50.2 Å². The number of carbonyl (C=O) groups excluding carboxylic acids is 1. The van der Waals surface area contributed by atoms with Gasteiger partial charge >= 0.3 is 6.18 Å². The maximum absolute atomic E-state index is 13.6. The number of nitrogens with zero attached hydrogens (tertiary/aromatic N) is 1. The molecule has 0 fully saturated rings. The molecule has 0 atom stereocenters. The molecule has 3 aromatic carbocycles. The van der Waals surface area contributed by atoms with E-state index in [9.17, 15) is 26.4 Å². The molecule has 0 saturated heterocycles. The highest BCUT2D eigenvalue weighted by Crippen LogP contribution is 2.35. The molecule has 3 aromatic rings. The Labute approximate surface area is 234 Å². The molecule has 39 heavy (non-hydrogen) atoms. The molecule has 210 valence electrons. The van der Waals surface area contributed by atoms with E-state index in [-0.39, 0.29) is 28.6 Å². The van der Waals surface area contributed by atoms with Crippen LogP contribution in [0.2, 0.25) is 5.02 Å². The topological polar surface area (TPSA) is 84.9 Å². The molecular formula is C26H26ClF3N2O5S2. The largest absolute Gasteiger partial charge is 0.493 e. The number of alkyl halides is 3. The summed E-state index contributed by atoms with van der Waals surface area (Å²) in [4.78, 5) is 12.5. The van der Waals surface area contributed by atoms with Gasteiger partial charge in [-0.05, 0) is 42.0 Å². The summed E-state index contributed by atoms with van der Waals surface area (Å²) >= 11 is 7.65. The van der Waals surface area contributed by atoms with Gasteiger partial charge in [0.05, 0.1) is 30.4 Å². The van der Waals surface area contributed by atoms with E-state index in [4.69, 9.17) is 21.1 Å². The second-order valence-electron chi connectivity index (χ2n) is 8.07. The van der Waals surface area contributed by atoms with Crippen LogP contribution in [-0.2, 0) is 26.7 Å². The summed E-state index contributed by atoms with van der Waals surface area (Å²) in [5, 5.41) is 3.26. The van der Waals surface area contributed by atoms with E-state index < -0.39 is 34.2 Å². The molecule has 0 heterocycles. The molecule has 1 N–H and O–H groups in total. The van der Waals surface area contributed by atoms with Crippen molar-refractivity contribution in [3.63, 3.8) is 0 Å². The molecule has 1 amide bonds. The number of ether oxygens (including phenoxy) is 2. The van der Waals surface area contributed by atoms with Crippen molar-refractivity contribution in [2.75, 3.05) is 37.4 Å². The van der Waals surface area contributed by atoms with Gasteiger partial charge in [-0.1, -0.05) is 35.9 Å². The zero-order valence-corrected chi connectivity index (χ0v) is 23.4. The van der Waals surface area contributed by atoms with Gasteiger partial charge in [0, 0.05) is 29.1 Å². The van der Waals surface area contributed by atoms with Crippen molar-refractivity contribution in [2.24, 2.45) is 0 Å². The Kier molecular flexibility index (Phi) is 10.4. The average molecular weight is 603 g/mol. The van der Waals surface area contributed by atoms with E-state index in [2.05, 4.69) is 5.32 Å². The van der Waals surface area contributed by atoms with Crippen LogP contribution < -0.4 is 19.1 Å². The first-order valence-electron chi connectivity index (χ1n) is 11.5. The van der Waals surface area contributed by atoms with E-state index >= 15 is 0 Å². The minimum Gasteiger partial charge on any atom is -0.493 e. The predicted octanol–water partition coefficient (Wildman–Crippen LogP) is 5.62. The molecule has 0 spiro atoms. The molecule has 0 aromatic heterocycles. The fraction of sp³-hybridized carbons (Fsp3) is 0.269. The van der Waals surface area contributed by atoms with Crippen molar-refractivity contribution >= 4 is 45.0 Å². The predicted molar refractivity (Wildman–Crippen MR) is 146 cm³/mol. The summed E-state index contributed by atoms with van der Waals surface area (Å²) in [6.45, 7) is -0.534.